The van der Waals surface area contributed by atoms with Crippen LogP contribution >= 0.6 is 35.3 Å². The first kappa shape index (κ1) is 16.3. The fraction of sp³-hybridized carbons (Fsp3) is 0.600. The Morgan fingerprint density at radius 2 is 1.44 bits per heavy atom. The summed E-state index contributed by atoms with van der Waals surface area (Å²) in [5, 5.41) is 0. The van der Waals surface area contributed by atoms with Crippen molar-refractivity contribution in [2.75, 3.05) is 18.8 Å². The van der Waals surface area contributed by atoms with Crippen molar-refractivity contribution in [3.05, 3.63) is 35.9 Å². The van der Waals surface area contributed by atoms with Gasteiger partial charge in [0.1, 0.15) is 3.41 Å². The molecule has 0 atom stereocenters. The average molecular weight is 301 g/mol. The molecular formula is C15H24S3. The molecule has 0 saturated carbocycles. The molecule has 0 heterocycles. The monoisotopic (exact) mass is 300 g/mol. The molecule has 1 rings (SSSR count). The Kier molecular flexibility index (Phi) is 8.36. The van der Waals surface area contributed by atoms with E-state index in [1.165, 1.54) is 37.7 Å². The molecule has 1 aromatic rings. The molecule has 0 aliphatic carbocycles. The Hall–Kier alpha value is 0.270. The highest BCUT2D eigenvalue weighted by molar-refractivity contribution is 8.33. The Balaban J connectivity index is 2.18. The van der Waals surface area contributed by atoms with Crippen molar-refractivity contribution < 1.29 is 0 Å². The van der Waals surface area contributed by atoms with Crippen LogP contribution < -0.4 is 0 Å². The maximum Gasteiger partial charge on any atom is 0.106 e. The summed E-state index contributed by atoms with van der Waals surface area (Å²) < 4.78 is 0.382. The summed E-state index contributed by atoms with van der Waals surface area (Å²) >= 11 is 5.99. The lowest BCUT2D eigenvalue weighted by Crippen LogP contribution is -2.13. The third kappa shape index (κ3) is 5.50. The molecule has 1 aromatic carbocycles. The Bertz CT molecular complexity index is 299. The summed E-state index contributed by atoms with van der Waals surface area (Å²) in [6.07, 6.45) is 13.2. The van der Waals surface area contributed by atoms with E-state index in [2.05, 4.69) is 49.1 Å². The second kappa shape index (κ2) is 9.22. The number of rotatable bonds is 9. The number of hydrogen-bond donors (Lipinski definition) is 0. The Labute approximate surface area is 125 Å². The minimum absolute atomic E-state index is 0.382. The van der Waals surface area contributed by atoms with Crippen molar-refractivity contribution in [2.45, 2.75) is 35.5 Å². The molecule has 0 nitrogen and oxygen atoms in total. The van der Waals surface area contributed by atoms with E-state index in [1.54, 1.807) is 0 Å². The van der Waals surface area contributed by atoms with E-state index in [9.17, 15) is 0 Å². The maximum absolute atomic E-state index is 2.23. The standard InChI is InChI=1S/C15H24S3/c1-16-15(17-2,18-3)13-9-5-8-12-14-10-6-4-7-11-14/h4,6-7,10-11H,5,8-9,12-13H2,1-3H3. The second-order valence-electron chi connectivity index (χ2n) is 4.34. The highest BCUT2D eigenvalue weighted by Gasteiger charge is 2.25. The van der Waals surface area contributed by atoms with Gasteiger partial charge in [0.25, 0.3) is 0 Å². The lowest BCUT2D eigenvalue weighted by Gasteiger charge is -2.27. The molecule has 18 heavy (non-hydrogen) atoms. The summed E-state index contributed by atoms with van der Waals surface area (Å²) in [4.78, 5) is 0. The Morgan fingerprint density at radius 1 is 0.833 bits per heavy atom. The SMILES string of the molecule is CSC(CCCCCc1ccccc1)(SC)SC. The molecular weight excluding hydrogens is 276 g/mol. The van der Waals surface area contributed by atoms with Crippen molar-refractivity contribution in [3.8, 4) is 0 Å². The van der Waals surface area contributed by atoms with Crippen LogP contribution in [-0.2, 0) is 6.42 Å². The molecule has 3 heteroatoms. The van der Waals surface area contributed by atoms with E-state index in [0.29, 0.717) is 3.41 Å². The fourth-order valence-corrected chi connectivity index (χ4v) is 5.09. The van der Waals surface area contributed by atoms with Crippen LogP contribution in [0.3, 0.4) is 0 Å². The molecule has 0 bridgehead atoms. The van der Waals surface area contributed by atoms with Crippen LogP contribution in [0.1, 0.15) is 31.2 Å². The molecule has 0 aliphatic rings. The van der Waals surface area contributed by atoms with E-state index in [0.717, 1.165) is 0 Å². The summed E-state index contributed by atoms with van der Waals surface area (Å²) in [6, 6.07) is 10.8. The summed E-state index contributed by atoms with van der Waals surface area (Å²) in [7, 11) is 0. The highest BCUT2D eigenvalue weighted by Crippen LogP contribution is 2.46. The maximum atomic E-state index is 2.23. The number of benzene rings is 1. The van der Waals surface area contributed by atoms with E-state index >= 15 is 0 Å². The highest BCUT2D eigenvalue weighted by atomic mass is 32.3. The Morgan fingerprint density at radius 3 is 2.00 bits per heavy atom. The number of unbranched alkanes of at least 4 members (excludes halogenated alkanes) is 2. The molecule has 0 aromatic heterocycles. The molecule has 0 saturated heterocycles. The third-order valence-electron chi connectivity index (χ3n) is 3.22. The van der Waals surface area contributed by atoms with Gasteiger partial charge in [-0.2, -0.15) is 0 Å². The van der Waals surface area contributed by atoms with Crippen molar-refractivity contribution in [2.24, 2.45) is 0 Å². The number of thioether (sulfide) groups is 3. The molecule has 0 spiro atoms. The van der Waals surface area contributed by atoms with Gasteiger partial charge >= 0.3 is 0 Å². The van der Waals surface area contributed by atoms with E-state index in [4.69, 9.17) is 0 Å². The quantitative estimate of drug-likeness (QED) is 0.434. The number of aryl methyl sites for hydroxylation is 1. The van der Waals surface area contributed by atoms with E-state index in [1.807, 2.05) is 35.3 Å². The van der Waals surface area contributed by atoms with Crippen LogP contribution in [-0.4, -0.2) is 22.2 Å². The van der Waals surface area contributed by atoms with Crippen LogP contribution in [0.2, 0.25) is 0 Å². The van der Waals surface area contributed by atoms with Gasteiger partial charge in [0, 0.05) is 0 Å². The molecule has 0 N–H and O–H groups in total. The van der Waals surface area contributed by atoms with Gasteiger partial charge in [0.05, 0.1) is 0 Å². The van der Waals surface area contributed by atoms with Gasteiger partial charge in [-0.05, 0) is 43.6 Å². The normalized spacial score (nSPS) is 11.7. The largest absolute Gasteiger partial charge is 0.137 e. The molecule has 0 fully saturated rings. The zero-order valence-corrected chi connectivity index (χ0v) is 14.1. The first-order valence-electron chi connectivity index (χ1n) is 6.45. The zero-order valence-electron chi connectivity index (χ0n) is 11.6. The average Bonchev–Trinajstić information content (AvgIpc) is 2.45. The van der Waals surface area contributed by atoms with Crippen molar-refractivity contribution in [1.82, 2.24) is 0 Å². The summed E-state index contributed by atoms with van der Waals surface area (Å²) in [5.74, 6) is 0. The third-order valence-corrected chi connectivity index (χ3v) is 8.70. The first-order chi connectivity index (χ1) is 8.76. The van der Waals surface area contributed by atoms with Crippen LogP contribution in [0.4, 0.5) is 0 Å². The minimum Gasteiger partial charge on any atom is -0.137 e. The van der Waals surface area contributed by atoms with Crippen molar-refractivity contribution in [1.29, 1.82) is 0 Å². The van der Waals surface area contributed by atoms with Gasteiger partial charge < -0.3 is 0 Å². The molecule has 0 radical (unpaired) electrons. The van der Waals surface area contributed by atoms with Crippen LogP contribution in [0.5, 0.6) is 0 Å². The molecule has 102 valence electrons. The van der Waals surface area contributed by atoms with Gasteiger partial charge in [-0.3, -0.25) is 0 Å². The number of hydrogen-bond acceptors (Lipinski definition) is 3. The zero-order chi connectivity index (χ0) is 13.3. The van der Waals surface area contributed by atoms with Crippen LogP contribution in [0.25, 0.3) is 0 Å². The first-order valence-corrected chi connectivity index (χ1v) is 10.1. The lowest BCUT2D eigenvalue weighted by atomic mass is 10.1. The summed E-state index contributed by atoms with van der Waals surface area (Å²) in [6.45, 7) is 0. The topological polar surface area (TPSA) is 0 Å². The molecule has 0 amide bonds. The van der Waals surface area contributed by atoms with E-state index in [-0.39, 0.29) is 0 Å². The van der Waals surface area contributed by atoms with Crippen molar-refractivity contribution in [3.63, 3.8) is 0 Å². The van der Waals surface area contributed by atoms with Crippen LogP contribution in [0, 0.1) is 0 Å². The lowest BCUT2D eigenvalue weighted by molar-refractivity contribution is 0.655. The second-order valence-corrected chi connectivity index (χ2v) is 8.43. The van der Waals surface area contributed by atoms with Gasteiger partial charge in [-0.15, -0.1) is 35.3 Å². The van der Waals surface area contributed by atoms with Crippen molar-refractivity contribution >= 4 is 35.3 Å². The fourth-order valence-electron chi connectivity index (χ4n) is 2.05. The van der Waals surface area contributed by atoms with E-state index < -0.39 is 0 Å². The summed E-state index contributed by atoms with van der Waals surface area (Å²) in [5.41, 5.74) is 1.48. The van der Waals surface area contributed by atoms with Gasteiger partial charge in [0.2, 0.25) is 0 Å². The van der Waals surface area contributed by atoms with Gasteiger partial charge in [0.15, 0.2) is 0 Å². The smallest absolute Gasteiger partial charge is 0.106 e. The molecule has 0 unspecified atom stereocenters. The minimum atomic E-state index is 0.382. The van der Waals surface area contributed by atoms with Gasteiger partial charge in [-0.25, -0.2) is 0 Å². The van der Waals surface area contributed by atoms with Gasteiger partial charge in [-0.1, -0.05) is 43.2 Å². The molecule has 0 aliphatic heterocycles. The predicted molar refractivity (Wildman–Crippen MR) is 91.9 cm³/mol. The predicted octanol–water partition coefficient (Wildman–Crippen LogP) is 5.53. The van der Waals surface area contributed by atoms with Crippen LogP contribution in [0.15, 0.2) is 30.3 Å².